The number of benzene rings is 2. The number of nitrogens with zero attached hydrogens (tertiary/aromatic N) is 4. The van der Waals surface area contributed by atoms with Crippen molar-refractivity contribution in [2.75, 3.05) is 51.3 Å². The zero-order valence-corrected chi connectivity index (χ0v) is 25.3. The van der Waals surface area contributed by atoms with E-state index in [-0.39, 0.29) is 12.2 Å². The number of furan rings is 1. The number of rotatable bonds is 8. The van der Waals surface area contributed by atoms with E-state index >= 15 is 0 Å². The van der Waals surface area contributed by atoms with E-state index in [0.29, 0.717) is 38.7 Å². The van der Waals surface area contributed by atoms with Crippen LogP contribution in [0.25, 0.3) is 11.8 Å². The van der Waals surface area contributed by atoms with Crippen LogP contribution in [0.1, 0.15) is 36.8 Å². The molecule has 6 rings (SSSR count). The van der Waals surface area contributed by atoms with Crippen LogP contribution in [-0.4, -0.2) is 61.9 Å². The Balaban J connectivity index is 1.50. The molecule has 222 valence electrons. The molecule has 4 aromatic rings. The Morgan fingerprint density at radius 2 is 1.74 bits per heavy atom. The number of carbonyl (C=O) groups excluding carboxylic acids is 1. The largest absolute Gasteiger partial charge is 0.494 e. The number of piperazine rings is 1. The summed E-state index contributed by atoms with van der Waals surface area (Å²) in [4.78, 5) is 37.6. The second-order valence-electron chi connectivity index (χ2n) is 10.4. The Kier molecular flexibility index (Phi) is 8.31. The minimum atomic E-state index is -0.749. The van der Waals surface area contributed by atoms with Crippen molar-refractivity contribution in [3.8, 4) is 5.75 Å². The molecule has 0 aliphatic carbocycles. The van der Waals surface area contributed by atoms with E-state index < -0.39 is 12.0 Å². The number of likely N-dealkylation sites (N-methyl/N-ethyl adjacent to an activating group) is 1. The standard InChI is InChI=1S/C33H34N4O5S/c1-4-40-24-13-11-23(12-14-24)30-28(32(39)41-5-2)29(22-9-7-6-8-10-22)34-33-37(30)31(38)26(43-33)21-25-15-16-27(42-25)36-19-17-35(3)18-20-36/h6-16,21,30H,4-5,17-20H2,1-3H3/b26-21+/t30-/m0/s1. The van der Waals surface area contributed by atoms with E-state index in [2.05, 4.69) is 16.8 Å². The monoisotopic (exact) mass is 598 g/mol. The van der Waals surface area contributed by atoms with Gasteiger partial charge in [0.25, 0.3) is 5.56 Å². The van der Waals surface area contributed by atoms with Gasteiger partial charge in [0.2, 0.25) is 0 Å². The number of aromatic nitrogens is 1. The highest BCUT2D eigenvalue weighted by Gasteiger charge is 2.35. The molecule has 0 saturated carbocycles. The summed E-state index contributed by atoms with van der Waals surface area (Å²) in [6, 6.07) is 20.1. The fourth-order valence-corrected chi connectivity index (χ4v) is 6.40. The van der Waals surface area contributed by atoms with E-state index in [1.54, 1.807) is 17.6 Å². The van der Waals surface area contributed by atoms with E-state index in [9.17, 15) is 9.59 Å². The molecule has 0 N–H and O–H groups in total. The SMILES string of the molecule is CCOC(=O)C1=C(c2ccccc2)N=c2s/c(=C/c3ccc(N4CCN(C)CC4)o3)c(=O)n2[C@H]1c1ccc(OCC)cc1. The Morgan fingerprint density at radius 1 is 1.00 bits per heavy atom. The van der Waals surface area contributed by atoms with Crippen molar-refractivity contribution >= 4 is 35.0 Å². The Labute approximate surface area is 253 Å². The number of ether oxygens (including phenoxy) is 2. The predicted molar refractivity (Wildman–Crippen MR) is 167 cm³/mol. The summed E-state index contributed by atoms with van der Waals surface area (Å²) < 4.78 is 19.4. The molecule has 0 spiro atoms. The maximum absolute atomic E-state index is 14.1. The van der Waals surface area contributed by atoms with Crippen LogP contribution < -0.4 is 24.5 Å². The normalized spacial score (nSPS) is 17.5. The molecule has 0 amide bonds. The van der Waals surface area contributed by atoms with Crippen LogP contribution in [0.3, 0.4) is 0 Å². The lowest BCUT2D eigenvalue weighted by molar-refractivity contribution is -0.138. The molecule has 2 aliphatic rings. The number of carbonyl (C=O) groups is 1. The van der Waals surface area contributed by atoms with Crippen LogP contribution in [0.15, 0.2) is 86.5 Å². The molecule has 0 unspecified atom stereocenters. The minimum absolute atomic E-state index is 0.193. The summed E-state index contributed by atoms with van der Waals surface area (Å²) in [5.74, 6) is 1.57. The first kappa shape index (κ1) is 28.7. The third kappa shape index (κ3) is 5.80. The zero-order valence-electron chi connectivity index (χ0n) is 24.5. The van der Waals surface area contributed by atoms with Gasteiger partial charge in [-0.3, -0.25) is 9.36 Å². The minimum Gasteiger partial charge on any atom is -0.494 e. The lowest BCUT2D eigenvalue weighted by atomic mass is 9.93. The lowest BCUT2D eigenvalue weighted by Gasteiger charge is -2.32. The Bertz CT molecular complexity index is 1810. The molecule has 2 aromatic carbocycles. The van der Waals surface area contributed by atoms with Crippen molar-refractivity contribution in [1.29, 1.82) is 0 Å². The molecule has 1 saturated heterocycles. The van der Waals surface area contributed by atoms with Crippen LogP contribution in [0.5, 0.6) is 5.75 Å². The van der Waals surface area contributed by atoms with Crippen molar-refractivity contribution in [3.05, 3.63) is 109 Å². The number of anilines is 1. The van der Waals surface area contributed by atoms with Crippen molar-refractivity contribution in [1.82, 2.24) is 9.47 Å². The lowest BCUT2D eigenvalue weighted by Crippen LogP contribution is -2.44. The molecule has 2 aliphatic heterocycles. The first-order valence-electron chi connectivity index (χ1n) is 14.5. The summed E-state index contributed by atoms with van der Waals surface area (Å²) in [7, 11) is 2.11. The van der Waals surface area contributed by atoms with Gasteiger partial charge < -0.3 is 23.7 Å². The molecule has 0 bridgehead atoms. The number of hydrogen-bond acceptors (Lipinski definition) is 9. The predicted octanol–water partition coefficient (Wildman–Crippen LogP) is 3.68. The first-order chi connectivity index (χ1) is 21.0. The van der Waals surface area contributed by atoms with Gasteiger partial charge in [0.1, 0.15) is 11.5 Å². The third-order valence-corrected chi connectivity index (χ3v) is 8.56. The summed E-state index contributed by atoms with van der Waals surface area (Å²) in [6.07, 6.45) is 1.76. The van der Waals surface area contributed by atoms with E-state index in [1.165, 1.54) is 11.3 Å². The van der Waals surface area contributed by atoms with Crippen LogP contribution >= 0.6 is 11.3 Å². The molecule has 1 atom stereocenters. The van der Waals surface area contributed by atoms with Crippen LogP contribution in [0.2, 0.25) is 0 Å². The highest BCUT2D eigenvalue weighted by molar-refractivity contribution is 7.07. The summed E-state index contributed by atoms with van der Waals surface area (Å²) in [6.45, 7) is 8.11. The van der Waals surface area contributed by atoms with Crippen molar-refractivity contribution < 1.29 is 18.7 Å². The first-order valence-corrected chi connectivity index (χ1v) is 15.3. The molecule has 0 radical (unpaired) electrons. The van der Waals surface area contributed by atoms with Gasteiger partial charge in [-0.05, 0) is 44.7 Å². The molecule has 1 fully saturated rings. The number of thiazole rings is 1. The second kappa shape index (κ2) is 12.4. The van der Waals surface area contributed by atoms with Crippen molar-refractivity contribution in [3.63, 3.8) is 0 Å². The van der Waals surface area contributed by atoms with E-state index in [4.69, 9.17) is 18.9 Å². The summed E-state index contributed by atoms with van der Waals surface area (Å²) in [5, 5.41) is 0. The molecular formula is C33H34N4O5S. The molecule has 10 heteroatoms. The van der Waals surface area contributed by atoms with Crippen molar-refractivity contribution in [2.24, 2.45) is 4.99 Å². The number of fused-ring (bicyclic) bond motifs is 1. The average molecular weight is 599 g/mol. The van der Waals surface area contributed by atoms with Gasteiger partial charge >= 0.3 is 5.97 Å². The highest BCUT2D eigenvalue weighted by Crippen LogP contribution is 2.35. The maximum atomic E-state index is 14.1. The molecule has 4 heterocycles. The van der Waals surface area contributed by atoms with Gasteiger partial charge in [0, 0.05) is 43.9 Å². The quantitative estimate of drug-likeness (QED) is 0.286. The Hall–Kier alpha value is -4.41. The third-order valence-electron chi connectivity index (χ3n) is 7.58. The number of hydrogen-bond donors (Lipinski definition) is 0. The summed E-state index contributed by atoms with van der Waals surface area (Å²) in [5.41, 5.74) is 2.06. The topological polar surface area (TPSA) is 89.5 Å². The van der Waals surface area contributed by atoms with E-state index in [0.717, 1.165) is 43.2 Å². The maximum Gasteiger partial charge on any atom is 0.338 e. The van der Waals surface area contributed by atoms with Gasteiger partial charge in [-0.25, -0.2) is 9.79 Å². The highest BCUT2D eigenvalue weighted by atomic mass is 32.1. The fourth-order valence-electron chi connectivity index (χ4n) is 5.41. The average Bonchev–Trinajstić information content (AvgIpc) is 3.62. The van der Waals surface area contributed by atoms with Crippen LogP contribution in [0, 0.1) is 0 Å². The van der Waals surface area contributed by atoms with Crippen LogP contribution in [-0.2, 0) is 9.53 Å². The van der Waals surface area contributed by atoms with E-state index in [1.807, 2.05) is 73.7 Å². The molecular weight excluding hydrogens is 564 g/mol. The second-order valence-corrected chi connectivity index (χ2v) is 11.4. The zero-order chi connectivity index (χ0) is 29.9. The molecule has 43 heavy (non-hydrogen) atoms. The molecule has 2 aromatic heterocycles. The van der Waals surface area contributed by atoms with Crippen LogP contribution in [0.4, 0.5) is 5.88 Å². The Morgan fingerprint density at radius 3 is 2.44 bits per heavy atom. The fraction of sp³-hybridized carbons (Fsp3) is 0.303. The smallest absolute Gasteiger partial charge is 0.338 e. The number of esters is 1. The van der Waals surface area contributed by atoms with Gasteiger partial charge in [-0.2, -0.15) is 0 Å². The van der Waals surface area contributed by atoms with Gasteiger partial charge in [-0.15, -0.1) is 0 Å². The van der Waals surface area contributed by atoms with Gasteiger partial charge in [0.05, 0.1) is 35.1 Å². The molecule has 9 nitrogen and oxygen atoms in total. The van der Waals surface area contributed by atoms with Crippen molar-refractivity contribution in [2.45, 2.75) is 19.9 Å². The summed E-state index contributed by atoms with van der Waals surface area (Å²) >= 11 is 1.27. The van der Waals surface area contributed by atoms with Gasteiger partial charge in [0.15, 0.2) is 10.7 Å². The van der Waals surface area contributed by atoms with Gasteiger partial charge in [-0.1, -0.05) is 53.8 Å².